The van der Waals surface area contributed by atoms with Crippen molar-refractivity contribution < 1.29 is 22.6 Å². The van der Waals surface area contributed by atoms with E-state index < -0.39 is 6.36 Å². The molecule has 0 heterocycles. The summed E-state index contributed by atoms with van der Waals surface area (Å²) in [6.45, 7) is 2.09. The Kier molecular flexibility index (Phi) is 6.13. The van der Waals surface area contributed by atoms with Gasteiger partial charge in [0, 0.05) is 17.7 Å². The molecule has 0 saturated carbocycles. The molecular formula is C14H20F3NO2. The number of alkyl halides is 3. The molecule has 0 fully saturated rings. The summed E-state index contributed by atoms with van der Waals surface area (Å²) in [5, 5.41) is 0. The zero-order valence-electron chi connectivity index (χ0n) is 11.7. The third-order valence-corrected chi connectivity index (χ3v) is 2.96. The van der Waals surface area contributed by atoms with E-state index in [4.69, 9.17) is 10.5 Å². The lowest BCUT2D eigenvalue weighted by Gasteiger charge is -2.17. The Morgan fingerprint density at radius 2 is 1.95 bits per heavy atom. The fourth-order valence-electron chi connectivity index (χ4n) is 1.96. The average molecular weight is 291 g/mol. The van der Waals surface area contributed by atoms with E-state index in [0.717, 1.165) is 25.7 Å². The molecule has 0 aromatic heterocycles. The highest BCUT2D eigenvalue weighted by Crippen LogP contribution is 2.32. The second-order valence-electron chi connectivity index (χ2n) is 4.55. The van der Waals surface area contributed by atoms with Crippen LogP contribution in [0.4, 0.5) is 13.2 Å². The van der Waals surface area contributed by atoms with Gasteiger partial charge in [-0.1, -0.05) is 32.3 Å². The Bertz CT molecular complexity index is 421. The number of nitrogens with two attached hydrogens (primary N) is 1. The van der Waals surface area contributed by atoms with Crippen molar-refractivity contribution >= 4 is 0 Å². The number of halogens is 3. The van der Waals surface area contributed by atoms with Crippen LogP contribution in [0.2, 0.25) is 0 Å². The monoisotopic (exact) mass is 291 g/mol. The Morgan fingerprint density at radius 3 is 2.50 bits per heavy atom. The van der Waals surface area contributed by atoms with Crippen LogP contribution in [-0.4, -0.2) is 13.5 Å². The van der Waals surface area contributed by atoms with Gasteiger partial charge in [0.05, 0.1) is 7.11 Å². The van der Waals surface area contributed by atoms with E-state index in [2.05, 4.69) is 11.7 Å². The summed E-state index contributed by atoms with van der Waals surface area (Å²) in [5.74, 6) is 0.00890. The van der Waals surface area contributed by atoms with Gasteiger partial charge in [-0.3, -0.25) is 0 Å². The van der Waals surface area contributed by atoms with Crippen molar-refractivity contribution in [2.45, 2.75) is 45.0 Å². The second-order valence-corrected chi connectivity index (χ2v) is 4.55. The van der Waals surface area contributed by atoms with Crippen molar-refractivity contribution in [2.75, 3.05) is 7.11 Å². The third-order valence-electron chi connectivity index (χ3n) is 2.96. The molecule has 1 rings (SSSR count). The van der Waals surface area contributed by atoms with Gasteiger partial charge >= 0.3 is 6.36 Å². The van der Waals surface area contributed by atoms with Crippen LogP contribution in [-0.2, 0) is 0 Å². The molecule has 0 aliphatic rings. The number of unbranched alkanes of at least 4 members (excludes halogenated alkanes) is 2. The third kappa shape index (κ3) is 5.28. The molecule has 0 saturated heterocycles. The molecule has 0 bridgehead atoms. The number of benzene rings is 1. The largest absolute Gasteiger partial charge is 0.573 e. The summed E-state index contributed by atoms with van der Waals surface area (Å²) in [7, 11) is 1.40. The number of hydrogen-bond acceptors (Lipinski definition) is 3. The molecule has 114 valence electrons. The number of rotatable bonds is 7. The second kappa shape index (κ2) is 7.38. The molecule has 20 heavy (non-hydrogen) atoms. The molecule has 0 amide bonds. The maximum Gasteiger partial charge on any atom is 0.573 e. The lowest BCUT2D eigenvalue weighted by molar-refractivity contribution is -0.274. The Morgan fingerprint density at radius 1 is 1.25 bits per heavy atom. The van der Waals surface area contributed by atoms with Gasteiger partial charge in [0.1, 0.15) is 11.5 Å². The van der Waals surface area contributed by atoms with Crippen LogP contribution >= 0.6 is 0 Å². The molecular weight excluding hydrogens is 271 g/mol. The van der Waals surface area contributed by atoms with Gasteiger partial charge < -0.3 is 15.2 Å². The highest BCUT2D eigenvalue weighted by molar-refractivity contribution is 5.42. The minimum Gasteiger partial charge on any atom is -0.496 e. The number of methoxy groups -OCH3 is 1. The van der Waals surface area contributed by atoms with E-state index in [1.54, 1.807) is 0 Å². The zero-order chi connectivity index (χ0) is 15.2. The van der Waals surface area contributed by atoms with Gasteiger partial charge in [-0.05, 0) is 12.5 Å². The molecule has 1 aromatic carbocycles. The lowest BCUT2D eigenvalue weighted by atomic mass is 10.0. The maximum atomic E-state index is 12.2. The van der Waals surface area contributed by atoms with Gasteiger partial charge in [-0.25, -0.2) is 0 Å². The van der Waals surface area contributed by atoms with E-state index in [1.165, 1.54) is 25.3 Å². The van der Waals surface area contributed by atoms with Crippen LogP contribution in [0.5, 0.6) is 11.5 Å². The molecule has 0 aliphatic carbocycles. The Hall–Kier alpha value is -1.43. The molecule has 0 radical (unpaired) electrons. The fourth-order valence-corrected chi connectivity index (χ4v) is 1.96. The first-order chi connectivity index (χ1) is 9.37. The van der Waals surface area contributed by atoms with Gasteiger partial charge in [0.15, 0.2) is 0 Å². The van der Waals surface area contributed by atoms with E-state index in [-0.39, 0.29) is 11.8 Å². The van der Waals surface area contributed by atoms with E-state index in [1.807, 2.05) is 0 Å². The van der Waals surface area contributed by atoms with Crippen LogP contribution in [0.3, 0.4) is 0 Å². The van der Waals surface area contributed by atoms with Crippen LogP contribution < -0.4 is 15.2 Å². The summed E-state index contributed by atoms with van der Waals surface area (Å²) in [6.07, 6.45) is -0.811. The minimum absolute atomic E-state index is 0.253. The van der Waals surface area contributed by atoms with Gasteiger partial charge in [-0.15, -0.1) is 13.2 Å². The predicted octanol–water partition coefficient (Wildman–Crippen LogP) is 4.17. The van der Waals surface area contributed by atoms with Crippen molar-refractivity contribution in [3.8, 4) is 11.5 Å². The standard InChI is InChI=1S/C14H20F3NO2/c1-3-4-5-6-12(18)11-8-7-10(9-13(11)19-2)20-14(15,16)17/h7-9,12H,3-6,18H2,1-2H3/t12-/m1/s1. The van der Waals surface area contributed by atoms with Crippen LogP contribution in [0.25, 0.3) is 0 Å². The molecule has 2 N–H and O–H groups in total. The van der Waals surface area contributed by atoms with Gasteiger partial charge in [-0.2, -0.15) is 0 Å². The molecule has 0 spiro atoms. The first-order valence-corrected chi connectivity index (χ1v) is 6.56. The average Bonchev–Trinajstić information content (AvgIpc) is 2.36. The fraction of sp³-hybridized carbons (Fsp3) is 0.571. The summed E-state index contributed by atoms with van der Waals surface area (Å²) < 4.78 is 45.4. The zero-order valence-corrected chi connectivity index (χ0v) is 11.7. The lowest BCUT2D eigenvalue weighted by Crippen LogP contribution is -2.17. The first-order valence-electron chi connectivity index (χ1n) is 6.56. The minimum atomic E-state index is -4.71. The highest BCUT2D eigenvalue weighted by Gasteiger charge is 2.31. The van der Waals surface area contributed by atoms with Crippen molar-refractivity contribution in [1.29, 1.82) is 0 Å². The van der Waals surface area contributed by atoms with E-state index in [0.29, 0.717) is 11.3 Å². The van der Waals surface area contributed by atoms with Crippen molar-refractivity contribution in [1.82, 2.24) is 0 Å². The summed E-state index contributed by atoms with van der Waals surface area (Å²) >= 11 is 0. The van der Waals surface area contributed by atoms with E-state index in [9.17, 15) is 13.2 Å². The predicted molar refractivity (Wildman–Crippen MR) is 70.7 cm³/mol. The molecule has 0 aliphatic heterocycles. The van der Waals surface area contributed by atoms with Crippen molar-refractivity contribution in [2.24, 2.45) is 5.73 Å². The normalized spacial score (nSPS) is 13.1. The topological polar surface area (TPSA) is 44.5 Å². The number of hydrogen-bond donors (Lipinski definition) is 1. The highest BCUT2D eigenvalue weighted by atomic mass is 19.4. The SMILES string of the molecule is CCCCC[C@@H](N)c1ccc(OC(F)(F)F)cc1OC. The Labute approximate surface area is 116 Å². The summed E-state index contributed by atoms with van der Waals surface area (Å²) in [6, 6.07) is 3.74. The Balaban J connectivity index is 2.82. The van der Waals surface area contributed by atoms with Crippen LogP contribution in [0.15, 0.2) is 18.2 Å². The first kappa shape index (κ1) is 16.6. The van der Waals surface area contributed by atoms with E-state index >= 15 is 0 Å². The molecule has 3 nitrogen and oxygen atoms in total. The van der Waals surface area contributed by atoms with Crippen LogP contribution in [0.1, 0.15) is 44.2 Å². The number of ether oxygens (including phenoxy) is 2. The molecule has 1 atom stereocenters. The molecule has 6 heteroatoms. The van der Waals surface area contributed by atoms with Gasteiger partial charge in [0.25, 0.3) is 0 Å². The molecule has 1 aromatic rings. The summed E-state index contributed by atoms with van der Waals surface area (Å²) in [4.78, 5) is 0. The maximum absolute atomic E-state index is 12.2. The smallest absolute Gasteiger partial charge is 0.496 e. The van der Waals surface area contributed by atoms with Crippen LogP contribution in [0, 0.1) is 0 Å². The van der Waals surface area contributed by atoms with Gasteiger partial charge in [0.2, 0.25) is 0 Å². The molecule has 0 unspecified atom stereocenters. The quantitative estimate of drug-likeness (QED) is 0.767. The van der Waals surface area contributed by atoms with Crippen molar-refractivity contribution in [3.63, 3.8) is 0 Å². The van der Waals surface area contributed by atoms with Crippen molar-refractivity contribution in [3.05, 3.63) is 23.8 Å². The summed E-state index contributed by atoms with van der Waals surface area (Å²) in [5.41, 5.74) is 6.74.